The maximum absolute atomic E-state index is 4.50. The molecular formula is C40H84ClNO. The van der Waals surface area contributed by atoms with Crippen molar-refractivity contribution in [1.29, 1.82) is 0 Å². The molecule has 1 aliphatic rings. The molecule has 0 unspecified atom stereocenters. The molecule has 1 heterocycles. The molecule has 0 spiro atoms. The third-order valence-electron chi connectivity index (χ3n) is 9.44. The summed E-state index contributed by atoms with van der Waals surface area (Å²) in [5.74, 6) is 0. The number of quaternary nitrogens is 1. The number of unbranched alkanes of at least 4 members (excludes halogenated alkanes) is 30. The number of rotatable bonds is 34. The van der Waals surface area contributed by atoms with E-state index in [1.807, 2.05) is 0 Å². The fraction of sp³-hybridized carbons (Fsp3) is 1.00. The van der Waals surface area contributed by atoms with Crippen LogP contribution in [-0.4, -0.2) is 44.9 Å². The summed E-state index contributed by atoms with van der Waals surface area (Å²) >= 11 is 0. The number of halogens is 1. The van der Waals surface area contributed by atoms with Crippen LogP contribution in [0.2, 0.25) is 0 Å². The molecule has 0 amide bonds. The normalized spacial score (nSPS) is 12.6. The average Bonchev–Trinajstić information content (AvgIpc) is 3.87. The summed E-state index contributed by atoms with van der Waals surface area (Å²) in [6, 6.07) is 0. The van der Waals surface area contributed by atoms with E-state index in [1.165, 1.54) is 223 Å². The van der Waals surface area contributed by atoms with Gasteiger partial charge in [-0.2, -0.15) is 0 Å². The molecule has 3 heteroatoms. The van der Waals surface area contributed by atoms with Crippen molar-refractivity contribution in [2.75, 3.05) is 40.4 Å². The fourth-order valence-electron chi connectivity index (χ4n) is 6.29. The van der Waals surface area contributed by atoms with E-state index in [2.05, 4.69) is 32.7 Å². The molecule has 1 saturated heterocycles. The molecule has 43 heavy (non-hydrogen) atoms. The molecule has 0 atom stereocenters. The van der Waals surface area contributed by atoms with Crippen molar-refractivity contribution < 1.29 is 21.6 Å². The maximum Gasteiger partial charge on any atom is 0.0782 e. The van der Waals surface area contributed by atoms with Crippen molar-refractivity contribution in [3.8, 4) is 0 Å². The third kappa shape index (κ3) is 44.4. The van der Waals surface area contributed by atoms with Gasteiger partial charge < -0.3 is 21.6 Å². The van der Waals surface area contributed by atoms with Crippen LogP contribution in [0, 0.1) is 0 Å². The molecule has 1 aliphatic heterocycles. The Hall–Kier alpha value is 0.210. The maximum atomic E-state index is 4.50. The van der Waals surface area contributed by atoms with Gasteiger partial charge in [-0.05, 0) is 25.7 Å². The van der Waals surface area contributed by atoms with Gasteiger partial charge in [-0.25, -0.2) is 0 Å². The first-order chi connectivity index (χ1) is 20.6. The molecule has 0 bridgehead atoms. The Morgan fingerprint density at radius 1 is 0.326 bits per heavy atom. The van der Waals surface area contributed by atoms with Crippen LogP contribution in [0.25, 0.3) is 0 Å². The highest BCUT2D eigenvalue weighted by Crippen LogP contribution is 2.16. The quantitative estimate of drug-likeness (QED) is 0.0392. The highest BCUT2D eigenvalue weighted by Gasteiger charge is 2.13. The molecule has 0 N–H and O–H groups in total. The first-order valence-corrected chi connectivity index (χ1v) is 20.0. The van der Waals surface area contributed by atoms with Gasteiger partial charge in [0, 0.05) is 0 Å². The summed E-state index contributed by atoms with van der Waals surface area (Å²) in [4.78, 5) is 0. The summed E-state index contributed by atoms with van der Waals surface area (Å²) < 4.78 is 5.75. The van der Waals surface area contributed by atoms with Crippen LogP contribution in [-0.2, 0) is 4.74 Å². The summed E-state index contributed by atoms with van der Waals surface area (Å²) in [5.41, 5.74) is 0. The second-order valence-corrected chi connectivity index (χ2v) is 14.6. The van der Waals surface area contributed by atoms with E-state index in [0.717, 1.165) is 13.2 Å². The van der Waals surface area contributed by atoms with E-state index < -0.39 is 0 Å². The average molecular weight is 631 g/mol. The standard InChI is InChI=1S/C38H80N.C2H4O.ClH/c1-5-7-9-11-13-15-17-19-21-23-25-27-29-31-33-35-37-39(3,4)38-36-34-32-30-28-26-24-22-20-18-16-14-12-10-8-6-2;1-2-3-1;/h5-38H2,1-4H3;1-2H2;1H/q+1;;/p-1. The Morgan fingerprint density at radius 2 is 0.488 bits per heavy atom. The number of ether oxygens (including phenoxy) is 1. The highest BCUT2D eigenvalue weighted by atomic mass is 35.5. The monoisotopic (exact) mass is 630 g/mol. The zero-order chi connectivity index (χ0) is 30.7. The van der Waals surface area contributed by atoms with Gasteiger partial charge in [-0.1, -0.05) is 194 Å². The smallest absolute Gasteiger partial charge is 0.0782 e. The lowest BCUT2D eigenvalue weighted by Gasteiger charge is -2.30. The van der Waals surface area contributed by atoms with Gasteiger partial charge in [0.2, 0.25) is 0 Å². The third-order valence-corrected chi connectivity index (χ3v) is 9.44. The molecular weight excluding hydrogens is 546 g/mol. The van der Waals surface area contributed by atoms with Crippen LogP contribution in [0.1, 0.15) is 219 Å². The van der Waals surface area contributed by atoms with Gasteiger partial charge in [0.15, 0.2) is 0 Å². The molecule has 1 rings (SSSR count). The Bertz CT molecular complexity index is 440. The molecule has 0 aromatic heterocycles. The minimum absolute atomic E-state index is 0. The number of hydrogen-bond donors (Lipinski definition) is 0. The van der Waals surface area contributed by atoms with Crippen LogP contribution in [0.15, 0.2) is 0 Å². The van der Waals surface area contributed by atoms with E-state index in [-0.39, 0.29) is 12.4 Å². The van der Waals surface area contributed by atoms with E-state index in [9.17, 15) is 0 Å². The lowest BCUT2D eigenvalue weighted by molar-refractivity contribution is -0.890. The number of hydrogen-bond acceptors (Lipinski definition) is 1. The van der Waals surface area contributed by atoms with Gasteiger partial charge in [0.1, 0.15) is 0 Å². The molecule has 2 nitrogen and oxygen atoms in total. The van der Waals surface area contributed by atoms with Gasteiger partial charge in [0.05, 0.1) is 40.4 Å². The Kier molecular flexibility index (Phi) is 40.5. The lowest BCUT2D eigenvalue weighted by Crippen LogP contribution is -3.00. The van der Waals surface area contributed by atoms with Crippen LogP contribution in [0.3, 0.4) is 0 Å². The SMILES string of the molecule is C1CO1.CCCCCCCCCCCCCCCCCC[N+](C)(C)CCCCCCCCCCCCCCCCCC.[Cl-]. The summed E-state index contributed by atoms with van der Waals surface area (Å²) in [6.45, 7) is 9.39. The topological polar surface area (TPSA) is 12.5 Å². The Morgan fingerprint density at radius 3 is 0.651 bits per heavy atom. The van der Waals surface area contributed by atoms with Crippen molar-refractivity contribution in [1.82, 2.24) is 0 Å². The molecule has 262 valence electrons. The highest BCUT2D eigenvalue weighted by molar-refractivity contribution is 4.52. The number of epoxide rings is 1. The lowest BCUT2D eigenvalue weighted by atomic mass is 10.0. The van der Waals surface area contributed by atoms with E-state index >= 15 is 0 Å². The van der Waals surface area contributed by atoms with Crippen molar-refractivity contribution in [2.24, 2.45) is 0 Å². The molecule has 0 radical (unpaired) electrons. The van der Waals surface area contributed by atoms with Gasteiger partial charge in [0.25, 0.3) is 0 Å². The molecule has 1 fully saturated rings. The second-order valence-electron chi connectivity index (χ2n) is 14.6. The zero-order valence-electron chi connectivity index (χ0n) is 30.7. The van der Waals surface area contributed by atoms with Gasteiger partial charge >= 0.3 is 0 Å². The molecule has 0 aliphatic carbocycles. The predicted octanol–water partition coefficient (Wildman–Crippen LogP) is 10.6. The Labute approximate surface area is 280 Å². The van der Waals surface area contributed by atoms with Crippen molar-refractivity contribution in [3.05, 3.63) is 0 Å². The van der Waals surface area contributed by atoms with Crippen LogP contribution < -0.4 is 12.4 Å². The minimum atomic E-state index is 0. The fourth-order valence-corrected chi connectivity index (χ4v) is 6.29. The van der Waals surface area contributed by atoms with Crippen molar-refractivity contribution in [3.63, 3.8) is 0 Å². The Balaban J connectivity index is 0. The number of nitrogens with zero attached hydrogens (tertiary/aromatic N) is 1. The molecule has 0 aromatic carbocycles. The van der Waals surface area contributed by atoms with Crippen LogP contribution in [0.5, 0.6) is 0 Å². The van der Waals surface area contributed by atoms with Gasteiger partial charge in [-0.15, -0.1) is 0 Å². The summed E-state index contributed by atoms with van der Waals surface area (Å²) in [7, 11) is 4.94. The first-order valence-electron chi connectivity index (χ1n) is 20.0. The van der Waals surface area contributed by atoms with E-state index in [0.29, 0.717) is 0 Å². The predicted molar refractivity (Wildman–Crippen MR) is 192 cm³/mol. The summed E-state index contributed by atoms with van der Waals surface area (Å²) in [6.07, 6.45) is 46.9. The molecule has 0 saturated carbocycles. The second kappa shape index (κ2) is 38.4. The van der Waals surface area contributed by atoms with Crippen molar-refractivity contribution >= 4 is 0 Å². The van der Waals surface area contributed by atoms with E-state index in [4.69, 9.17) is 0 Å². The van der Waals surface area contributed by atoms with Gasteiger partial charge in [-0.3, -0.25) is 0 Å². The largest absolute Gasteiger partial charge is 1.00 e. The van der Waals surface area contributed by atoms with Crippen molar-refractivity contribution in [2.45, 2.75) is 219 Å². The summed E-state index contributed by atoms with van der Waals surface area (Å²) in [5, 5.41) is 0. The first kappa shape index (κ1) is 45.3. The van der Waals surface area contributed by atoms with Crippen LogP contribution >= 0.6 is 0 Å². The van der Waals surface area contributed by atoms with E-state index in [1.54, 1.807) is 0 Å². The van der Waals surface area contributed by atoms with Crippen LogP contribution in [0.4, 0.5) is 0 Å². The zero-order valence-corrected chi connectivity index (χ0v) is 31.4. The minimum Gasteiger partial charge on any atom is -1.00 e. The molecule has 0 aromatic rings.